The molecule has 0 radical (unpaired) electrons. The number of nitriles is 1. The zero-order valence-electron chi connectivity index (χ0n) is 14.4. The molecule has 3 rings (SSSR count). The number of rotatable bonds is 4. The van der Waals surface area contributed by atoms with E-state index in [1.54, 1.807) is 29.2 Å². The van der Waals surface area contributed by atoms with Crippen molar-refractivity contribution in [3.8, 4) is 6.07 Å². The molecule has 0 unspecified atom stereocenters. The van der Waals surface area contributed by atoms with Crippen LogP contribution in [0.15, 0.2) is 30.3 Å². The maximum Gasteiger partial charge on any atom is 0.410 e. The van der Waals surface area contributed by atoms with Gasteiger partial charge in [-0.2, -0.15) is 5.26 Å². The molecule has 1 aliphatic rings. The number of benzene rings is 1. The zero-order valence-corrected chi connectivity index (χ0v) is 15.3. The quantitative estimate of drug-likeness (QED) is 0.889. The van der Waals surface area contributed by atoms with Crippen LogP contribution >= 0.6 is 11.3 Å². The SMILES string of the molecule is CCCOC(=O)N1CCc2c(sc(NC(=O)c3ccccc3)c2C#N)C1. The Hall–Kier alpha value is -2.85. The van der Waals surface area contributed by atoms with Crippen molar-refractivity contribution in [3.63, 3.8) is 0 Å². The summed E-state index contributed by atoms with van der Waals surface area (Å²) >= 11 is 1.35. The Balaban J connectivity index is 1.78. The van der Waals surface area contributed by atoms with Crippen molar-refractivity contribution in [1.29, 1.82) is 5.26 Å². The summed E-state index contributed by atoms with van der Waals surface area (Å²) in [4.78, 5) is 27.0. The fraction of sp³-hybridized carbons (Fsp3) is 0.316. The summed E-state index contributed by atoms with van der Waals surface area (Å²) in [6.45, 7) is 3.25. The van der Waals surface area contributed by atoms with Crippen LogP contribution in [0, 0.1) is 11.3 Å². The minimum absolute atomic E-state index is 0.250. The molecule has 134 valence electrons. The van der Waals surface area contributed by atoms with Gasteiger partial charge in [-0.1, -0.05) is 25.1 Å². The normalized spacial score (nSPS) is 12.8. The molecular weight excluding hydrogens is 350 g/mol. The van der Waals surface area contributed by atoms with E-state index in [1.165, 1.54) is 11.3 Å². The van der Waals surface area contributed by atoms with E-state index < -0.39 is 0 Å². The zero-order chi connectivity index (χ0) is 18.5. The van der Waals surface area contributed by atoms with E-state index in [2.05, 4.69) is 11.4 Å². The molecule has 0 bridgehead atoms. The Morgan fingerprint density at radius 3 is 2.81 bits per heavy atom. The molecule has 2 aromatic rings. The third kappa shape index (κ3) is 3.70. The van der Waals surface area contributed by atoms with Crippen LogP contribution in [-0.2, 0) is 17.7 Å². The number of hydrogen-bond donors (Lipinski definition) is 1. The average Bonchev–Trinajstić information content (AvgIpc) is 3.02. The van der Waals surface area contributed by atoms with E-state index in [1.807, 2.05) is 13.0 Å². The lowest BCUT2D eigenvalue weighted by molar-refractivity contribution is 0.0982. The predicted molar refractivity (Wildman–Crippen MR) is 99.2 cm³/mol. The second-order valence-electron chi connectivity index (χ2n) is 5.93. The molecule has 0 atom stereocenters. The first kappa shape index (κ1) is 18.0. The van der Waals surface area contributed by atoms with Crippen LogP contribution in [0.3, 0.4) is 0 Å². The maximum atomic E-state index is 12.4. The van der Waals surface area contributed by atoms with Crippen LogP contribution in [0.2, 0.25) is 0 Å². The van der Waals surface area contributed by atoms with E-state index in [4.69, 9.17) is 4.74 Å². The lowest BCUT2D eigenvalue weighted by Crippen LogP contribution is -2.36. The summed E-state index contributed by atoms with van der Waals surface area (Å²) < 4.78 is 5.19. The lowest BCUT2D eigenvalue weighted by Gasteiger charge is -2.26. The summed E-state index contributed by atoms with van der Waals surface area (Å²) in [7, 11) is 0. The number of ether oxygens (including phenoxy) is 1. The highest BCUT2D eigenvalue weighted by atomic mass is 32.1. The highest BCUT2D eigenvalue weighted by Gasteiger charge is 2.28. The van der Waals surface area contributed by atoms with Crippen molar-refractivity contribution in [1.82, 2.24) is 4.90 Å². The molecule has 0 saturated heterocycles. The second kappa shape index (κ2) is 8.02. The predicted octanol–water partition coefficient (Wildman–Crippen LogP) is 3.78. The Kier molecular flexibility index (Phi) is 5.54. The van der Waals surface area contributed by atoms with E-state index in [-0.39, 0.29) is 12.0 Å². The first-order valence-corrected chi connectivity index (χ1v) is 9.28. The second-order valence-corrected chi connectivity index (χ2v) is 7.03. The molecule has 26 heavy (non-hydrogen) atoms. The molecule has 7 heteroatoms. The fourth-order valence-electron chi connectivity index (χ4n) is 2.81. The topological polar surface area (TPSA) is 82.4 Å². The smallest absolute Gasteiger partial charge is 0.410 e. The van der Waals surface area contributed by atoms with Gasteiger partial charge in [0.1, 0.15) is 11.1 Å². The number of nitrogens with zero attached hydrogens (tertiary/aromatic N) is 2. The number of amides is 2. The Labute approximate surface area is 156 Å². The summed E-state index contributed by atoms with van der Waals surface area (Å²) in [6, 6.07) is 11.1. The van der Waals surface area contributed by atoms with Gasteiger partial charge in [-0.05, 0) is 30.5 Å². The highest BCUT2D eigenvalue weighted by molar-refractivity contribution is 7.16. The van der Waals surface area contributed by atoms with E-state index >= 15 is 0 Å². The molecule has 1 N–H and O–H groups in total. The summed E-state index contributed by atoms with van der Waals surface area (Å²) in [6.07, 6.45) is 1.02. The van der Waals surface area contributed by atoms with Crippen molar-refractivity contribution in [2.24, 2.45) is 0 Å². The number of anilines is 1. The Morgan fingerprint density at radius 1 is 1.35 bits per heavy atom. The fourth-order valence-corrected chi connectivity index (χ4v) is 4.02. The van der Waals surface area contributed by atoms with Gasteiger partial charge >= 0.3 is 6.09 Å². The Bertz CT molecular complexity index is 855. The molecular formula is C19H19N3O3S. The van der Waals surface area contributed by atoms with Crippen molar-refractivity contribution >= 4 is 28.3 Å². The number of thiophene rings is 1. The highest BCUT2D eigenvalue weighted by Crippen LogP contribution is 2.37. The minimum atomic E-state index is -0.334. The standard InChI is InChI=1S/C19H19N3O3S/c1-2-10-25-19(24)22-9-8-14-15(11-20)18(26-16(14)12-22)21-17(23)13-6-4-3-5-7-13/h3-7H,2,8-10,12H2,1H3,(H,21,23). The van der Waals surface area contributed by atoms with Gasteiger partial charge in [0.05, 0.1) is 18.7 Å². The molecule has 0 spiro atoms. The molecule has 6 nitrogen and oxygen atoms in total. The van der Waals surface area contributed by atoms with E-state index in [9.17, 15) is 14.9 Å². The van der Waals surface area contributed by atoms with Crippen LogP contribution in [0.1, 0.15) is 39.7 Å². The van der Waals surface area contributed by atoms with Crippen molar-refractivity contribution in [2.75, 3.05) is 18.5 Å². The van der Waals surface area contributed by atoms with Gasteiger partial charge in [-0.15, -0.1) is 11.3 Å². The maximum absolute atomic E-state index is 12.4. The summed E-state index contributed by atoms with van der Waals surface area (Å²) in [5.41, 5.74) is 1.95. The third-order valence-electron chi connectivity index (χ3n) is 4.12. The van der Waals surface area contributed by atoms with Gasteiger partial charge in [-0.25, -0.2) is 4.79 Å². The molecule has 2 heterocycles. The number of carbonyl (C=O) groups is 2. The molecule has 1 aromatic heterocycles. The number of fused-ring (bicyclic) bond motifs is 1. The molecule has 1 aliphatic heterocycles. The first-order valence-electron chi connectivity index (χ1n) is 8.46. The molecule has 0 saturated carbocycles. The summed E-state index contributed by atoms with van der Waals surface area (Å²) in [5, 5.41) is 12.9. The van der Waals surface area contributed by atoms with Gasteiger partial charge in [0.15, 0.2) is 0 Å². The van der Waals surface area contributed by atoms with Crippen LogP contribution in [0.5, 0.6) is 0 Å². The van der Waals surface area contributed by atoms with Gasteiger partial charge in [0.2, 0.25) is 0 Å². The third-order valence-corrected chi connectivity index (χ3v) is 5.25. The number of carbonyl (C=O) groups excluding carboxylic acids is 2. The van der Waals surface area contributed by atoms with E-state index in [0.29, 0.717) is 42.2 Å². The largest absolute Gasteiger partial charge is 0.449 e. The monoisotopic (exact) mass is 369 g/mol. The van der Waals surface area contributed by atoms with Gasteiger partial charge in [0.25, 0.3) is 5.91 Å². The molecule has 2 amide bonds. The van der Waals surface area contributed by atoms with Crippen LogP contribution < -0.4 is 5.32 Å². The van der Waals surface area contributed by atoms with Crippen molar-refractivity contribution in [2.45, 2.75) is 26.3 Å². The number of hydrogen-bond acceptors (Lipinski definition) is 5. The van der Waals surface area contributed by atoms with Crippen LogP contribution in [0.4, 0.5) is 9.80 Å². The minimum Gasteiger partial charge on any atom is -0.449 e. The van der Waals surface area contributed by atoms with Gasteiger partial charge in [-0.3, -0.25) is 4.79 Å². The molecule has 0 aliphatic carbocycles. The Morgan fingerprint density at radius 2 is 2.12 bits per heavy atom. The molecule has 0 fully saturated rings. The van der Waals surface area contributed by atoms with Crippen LogP contribution in [-0.4, -0.2) is 30.1 Å². The van der Waals surface area contributed by atoms with Crippen molar-refractivity contribution < 1.29 is 14.3 Å². The van der Waals surface area contributed by atoms with Crippen LogP contribution in [0.25, 0.3) is 0 Å². The van der Waals surface area contributed by atoms with E-state index in [0.717, 1.165) is 16.9 Å². The van der Waals surface area contributed by atoms with Crippen molar-refractivity contribution in [3.05, 3.63) is 51.9 Å². The van der Waals surface area contributed by atoms with Gasteiger partial charge in [0, 0.05) is 17.0 Å². The van der Waals surface area contributed by atoms with Gasteiger partial charge < -0.3 is 15.0 Å². The average molecular weight is 369 g/mol. The molecule has 1 aromatic carbocycles. The first-order chi connectivity index (χ1) is 12.6. The lowest BCUT2D eigenvalue weighted by atomic mass is 10.0. The number of nitrogens with one attached hydrogen (secondary N) is 1. The summed E-state index contributed by atoms with van der Waals surface area (Å²) in [5.74, 6) is -0.250.